The van der Waals surface area contributed by atoms with E-state index in [4.69, 9.17) is 9.72 Å². The molecule has 1 amide bonds. The molecule has 3 aromatic rings. The molecule has 5 rings (SSSR count). The Morgan fingerprint density at radius 3 is 2.56 bits per heavy atom. The van der Waals surface area contributed by atoms with E-state index in [9.17, 15) is 4.79 Å². The Morgan fingerprint density at radius 2 is 1.81 bits per heavy atom. The van der Waals surface area contributed by atoms with Gasteiger partial charge < -0.3 is 15.0 Å². The molecular formula is C26H32N4O2. The van der Waals surface area contributed by atoms with Crippen LogP contribution in [0.15, 0.2) is 36.4 Å². The van der Waals surface area contributed by atoms with Crippen LogP contribution in [0.3, 0.4) is 0 Å². The van der Waals surface area contributed by atoms with E-state index in [1.54, 1.807) is 0 Å². The van der Waals surface area contributed by atoms with Crippen LogP contribution in [0.5, 0.6) is 0 Å². The molecule has 2 aromatic carbocycles. The standard InChI is InChI=1S/C26H32N4O2/c1-17-8-9-23(19(3)18(17)2)30-24-7-5-4-6-22(24)28-26(30)29-13-10-20(11-14-29)25(31)27-21-12-15-32-16-21/h4-9,20-21H,10-16H2,1-3H3,(H,27,31). The fraction of sp³-hybridized carbons (Fsp3) is 0.462. The van der Waals surface area contributed by atoms with Gasteiger partial charge in [-0.2, -0.15) is 0 Å². The number of aromatic nitrogens is 2. The number of rotatable bonds is 4. The van der Waals surface area contributed by atoms with Gasteiger partial charge in [0.2, 0.25) is 11.9 Å². The second-order valence-electron chi connectivity index (χ2n) is 9.22. The molecule has 1 atom stereocenters. The molecule has 0 aliphatic carbocycles. The molecule has 0 bridgehead atoms. The highest BCUT2D eigenvalue weighted by molar-refractivity contribution is 5.82. The molecule has 0 radical (unpaired) electrons. The summed E-state index contributed by atoms with van der Waals surface area (Å²) in [6.07, 6.45) is 2.60. The Labute approximate surface area is 189 Å². The number of fused-ring (bicyclic) bond motifs is 1. The molecule has 3 heterocycles. The van der Waals surface area contributed by atoms with Gasteiger partial charge in [-0.1, -0.05) is 18.2 Å². The highest BCUT2D eigenvalue weighted by Gasteiger charge is 2.30. The van der Waals surface area contributed by atoms with Crippen LogP contribution in [-0.4, -0.2) is 47.8 Å². The number of hydrogen-bond acceptors (Lipinski definition) is 4. The van der Waals surface area contributed by atoms with Gasteiger partial charge in [-0.05, 0) is 74.9 Å². The maximum Gasteiger partial charge on any atom is 0.223 e. The smallest absolute Gasteiger partial charge is 0.223 e. The molecular weight excluding hydrogens is 400 g/mol. The third kappa shape index (κ3) is 3.77. The quantitative estimate of drug-likeness (QED) is 0.675. The maximum absolute atomic E-state index is 12.7. The number of piperidine rings is 1. The van der Waals surface area contributed by atoms with Gasteiger partial charge in [0.1, 0.15) is 0 Å². The Hall–Kier alpha value is -2.86. The first-order valence-corrected chi connectivity index (χ1v) is 11.7. The minimum absolute atomic E-state index is 0.0630. The van der Waals surface area contributed by atoms with Crippen molar-refractivity contribution in [1.82, 2.24) is 14.9 Å². The Balaban J connectivity index is 1.42. The van der Waals surface area contributed by atoms with Crippen molar-refractivity contribution in [2.75, 3.05) is 31.2 Å². The van der Waals surface area contributed by atoms with E-state index in [0.717, 1.165) is 55.9 Å². The van der Waals surface area contributed by atoms with Crippen molar-refractivity contribution in [3.05, 3.63) is 53.1 Å². The number of para-hydroxylation sites is 2. The fourth-order valence-corrected chi connectivity index (χ4v) is 4.96. The summed E-state index contributed by atoms with van der Waals surface area (Å²) in [6, 6.07) is 12.9. The second-order valence-corrected chi connectivity index (χ2v) is 9.22. The largest absolute Gasteiger partial charge is 0.379 e. The summed E-state index contributed by atoms with van der Waals surface area (Å²) in [7, 11) is 0. The average Bonchev–Trinajstić information content (AvgIpc) is 3.46. The third-order valence-corrected chi connectivity index (χ3v) is 7.24. The first-order valence-electron chi connectivity index (χ1n) is 11.7. The lowest BCUT2D eigenvalue weighted by molar-refractivity contribution is -0.126. The van der Waals surface area contributed by atoms with Crippen molar-refractivity contribution in [2.45, 2.75) is 46.1 Å². The van der Waals surface area contributed by atoms with Crippen LogP contribution in [0.4, 0.5) is 5.95 Å². The number of hydrogen-bond donors (Lipinski definition) is 1. The molecule has 0 saturated carbocycles. The van der Waals surface area contributed by atoms with Gasteiger partial charge in [-0.3, -0.25) is 9.36 Å². The Bertz CT molecular complexity index is 1140. The lowest BCUT2D eigenvalue weighted by Crippen LogP contribution is -2.44. The van der Waals surface area contributed by atoms with E-state index in [1.165, 1.54) is 22.4 Å². The van der Waals surface area contributed by atoms with E-state index in [1.807, 2.05) is 6.07 Å². The van der Waals surface area contributed by atoms with Gasteiger partial charge in [0.05, 0.1) is 29.4 Å². The molecule has 6 heteroatoms. The number of carbonyl (C=O) groups is 1. The zero-order valence-corrected chi connectivity index (χ0v) is 19.2. The van der Waals surface area contributed by atoms with Crippen molar-refractivity contribution < 1.29 is 9.53 Å². The molecule has 168 valence electrons. The number of imidazole rings is 1. The summed E-state index contributed by atoms with van der Waals surface area (Å²) in [6.45, 7) is 9.58. The van der Waals surface area contributed by atoms with Gasteiger partial charge in [-0.25, -0.2) is 4.98 Å². The van der Waals surface area contributed by atoms with E-state index >= 15 is 0 Å². The van der Waals surface area contributed by atoms with Crippen LogP contribution in [0.25, 0.3) is 16.7 Å². The maximum atomic E-state index is 12.7. The minimum atomic E-state index is 0.0630. The predicted molar refractivity (Wildman–Crippen MR) is 128 cm³/mol. The predicted octanol–water partition coefficient (Wildman–Crippen LogP) is 4.07. The van der Waals surface area contributed by atoms with Crippen molar-refractivity contribution >= 4 is 22.9 Å². The molecule has 2 aliphatic heterocycles. The summed E-state index contributed by atoms with van der Waals surface area (Å²) in [5.74, 6) is 1.22. The first kappa shape index (κ1) is 21.0. The van der Waals surface area contributed by atoms with Gasteiger partial charge in [0.15, 0.2) is 0 Å². The van der Waals surface area contributed by atoms with Crippen LogP contribution in [0.2, 0.25) is 0 Å². The second kappa shape index (κ2) is 8.58. The van der Waals surface area contributed by atoms with Gasteiger partial charge in [-0.15, -0.1) is 0 Å². The first-order chi connectivity index (χ1) is 15.5. The normalized spacial score (nSPS) is 19.6. The Kier molecular flexibility index (Phi) is 5.64. The van der Waals surface area contributed by atoms with Crippen molar-refractivity contribution in [2.24, 2.45) is 5.92 Å². The summed E-state index contributed by atoms with van der Waals surface area (Å²) in [5, 5.41) is 3.18. The molecule has 2 saturated heterocycles. The number of nitrogens with one attached hydrogen (secondary N) is 1. The summed E-state index contributed by atoms with van der Waals surface area (Å²) < 4.78 is 7.69. The van der Waals surface area contributed by atoms with Crippen molar-refractivity contribution in [3.63, 3.8) is 0 Å². The summed E-state index contributed by atoms with van der Waals surface area (Å²) in [5.41, 5.74) is 7.20. The number of carbonyl (C=O) groups excluding carboxylic acids is 1. The molecule has 1 N–H and O–H groups in total. The van der Waals surface area contributed by atoms with Crippen molar-refractivity contribution in [3.8, 4) is 5.69 Å². The van der Waals surface area contributed by atoms with Crippen LogP contribution in [0, 0.1) is 26.7 Å². The van der Waals surface area contributed by atoms with E-state index < -0.39 is 0 Å². The highest BCUT2D eigenvalue weighted by Crippen LogP contribution is 2.32. The zero-order valence-electron chi connectivity index (χ0n) is 19.2. The zero-order chi connectivity index (χ0) is 22.2. The third-order valence-electron chi connectivity index (χ3n) is 7.24. The number of aryl methyl sites for hydroxylation is 1. The molecule has 1 unspecified atom stereocenters. The fourth-order valence-electron chi connectivity index (χ4n) is 4.96. The molecule has 2 fully saturated rings. The van der Waals surface area contributed by atoms with E-state index in [0.29, 0.717) is 6.61 Å². The van der Waals surface area contributed by atoms with E-state index in [2.05, 4.69) is 65.9 Å². The van der Waals surface area contributed by atoms with Crippen LogP contribution < -0.4 is 10.2 Å². The SMILES string of the molecule is Cc1ccc(-n2c(N3CCC(C(=O)NC4CCOC4)CC3)nc3ccccc32)c(C)c1C. The molecule has 6 nitrogen and oxygen atoms in total. The Morgan fingerprint density at radius 1 is 1.03 bits per heavy atom. The summed E-state index contributed by atoms with van der Waals surface area (Å²) >= 11 is 0. The van der Waals surface area contributed by atoms with Gasteiger partial charge >= 0.3 is 0 Å². The van der Waals surface area contributed by atoms with Crippen LogP contribution in [-0.2, 0) is 9.53 Å². The number of benzene rings is 2. The van der Waals surface area contributed by atoms with Gasteiger partial charge in [0.25, 0.3) is 0 Å². The molecule has 2 aliphatic rings. The van der Waals surface area contributed by atoms with E-state index in [-0.39, 0.29) is 17.9 Å². The topological polar surface area (TPSA) is 59.4 Å². The number of anilines is 1. The lowest BCUT2D eigenvalue weighted by atomic mass is 9.95. The van der Waals surface area contributed by atoms with Crippen LogP contribution in [0.1, 0.15) is 36.0 Å². The van der Waals surface area contributed by atoms with Crippen LogP contribution >= 0.6 is 0 Å². The summed E-state index contributed by atoms with van der Waals surface area (Å²) in [4.78, 5) is 20.1. The highest BCUT2D eigenvalue weighted by atomic mass is 16.5. The number of ether oxygens (including phenoxy) is 1. The number of amides is 1. The molecule has 0 spiro atoms. The average molecular weight is 433 g/mol. The monoisotopic (exact) mass is 432 g/mol. The number of nitrogens with zero attached hydrogens (tertiary/aromatic N) is 3. The lowest BCUT2D eigenvalue weighted by Gasteiger charge is -2.33. The minimum Gasteiger partial charge on any atom is -0.379 e. The molecule has 32 heavy (non-hydrogen) atoms. The van der Waals surface area contributed by atoms with Crippen molar-refractivity contribution in [1.29, 1.82) is 0 Å². The van der Waals surface area contributed by atoms with Gasteiger partial charge in [0, 0.05) is 25.6 Å². The molecule has 1 aromatic heterocycles.